The Labute approximate surface area is 193 Å². The van der Waals surface area contributed by atoms with E-state index in [2.05, 4.69) is 10.6 Å². The maximum absolute atomic E-state index is 12.5. The first-order chi connectivity index (χ1) is 15.7. The van der Waals surface area contributed by atoms with E-state index in [4.69, 9.17) is 14.2 Å². The van der Waals surface area contributed by atoms with Crippen LogP contribution in [0.1, 0.15) is 11.1 Å². The first-order valence-electron chi connectivity index (χ1n) is 9.83. The van der Waals surface area contributed by atoms with Gasteiger partial charge in [0.15, 0.2) is 0 Å². The number of benzene rings is 2. The van der Waals surface area contributed by atoms with Gasteiger partial charge >= 0.3 is 6.03 Å². The lowest BCUT2D eigenvalue weighted by Gasteiger charge is -2.12. The molecule has 2 aromatic rings. The van der Waals surface area contributed by atoms with Crippen molar-refractivity contribution < 1.29 is 32.2 Å². The molecule has 11 heteroatoms. The van der Waals surface area contributed by atoms with E-state index in [0.29, 0.717) is 29.0 Å². The molecule has 33 heavy (non-hydrogen) atoms. The lowest BCUT2D eigenvalue weighted by Crippen LogP contribution is -2.37. The maximum atomic E-state index is 12.5. The summed E-state index contributed by atoms with van der Waals surface area (Å²) in [4.78, 5) is 23.5. The van der Waals surface area contributed by atoms with Crippen LogP contribution in [0.3, 0.4) is 0 Å². The number of nitrogens with one attached hydrogen (secondary N) is 3. The minimum absolute atomic E-state index is 0.0931. The number of hydrogen-bond acceptors (Lipinski definition) is 7. The quantitative estimate of drug-likeness (QED) is 0.444. The van der Waals surface area contributed by atoms with Gasteiger partial charge in [-0.25, -0.2) is 17.9 Å². The van der Waals surface area contributed by atoms with Crippen LogP contribution in [0.4, 0.5) is 4.79 Å². The summed E-state index contributed by atoms with van der Waals surface area (Å²) in [6, 6.07) is 8.95. The van der Waals surface area contributed by atoms with Crippen molar-refractivity contribution in [1.82, 2.24) is 15.4 Å². The maximum Gasteiger partial charge on any atom is 0.328 e. The first-order valence-corrected chi connectivity index (χ1v) is 11.3. The number of carbonyl (C=O) groups excluding carboxylic acids is 2. The van der Waals surface area contributed by atoms with Gasteiger partial charge in [0.2, 0.25) is 5.91 Å². The number of carbonyl (C=O) groups is 2. The number of amides is 3. The Morgan fingerprint density at radius 3 is 2.33 bits per heavy atom. The molecule has 2 rings (SSSR count). The van der Waals surface area contributed by atoms with Crippen molar-refractivity contribution in [2.45, 2.75) is 11.3 Å². The second kappa shape index (κ2) is 11.8. The predicted octanol–water partition coefficient (Wildman–Crippen LogP) is 1.70. The molecule has 178 valence electrons. The van der Waals surface area contributed by atoms with Gasteiger partial charge in [0.1, 0.15) is 22.1 Å². The van der Waals surface area contributed by atoms with E-state index >= 15 is 0 Å². The lowest BCUT2D eigenvalue weighted by atomic mass is 10.1. The number of sulfonamides is 1. The Bertz CT molecular complexity index is 1130. The second-order valence-corrected chi connectivity index (χ2v) is 8.30. The highest BCUT2D eigenvalue weighted by Crippen LogP contribution is 2.26. The molecular formula is C22H27N3O7S. The van der Waals surface area contributed by atoms with Gasteiger partial charge in [0.05, 0.1) is 21.3 Å². The lowest BCUT2D eigenvalue weighted by molar-refractivity contribution is -0.116. The molecule has 0 saturated carbocycles. The molecule has 0 saturated heterocycles. The van der Waals surface area contributed by atoms with Crippen molar-refractivity contribution in [3.63, 3.8) is 0 Å². The third-order valence-corrected chi connectivity index (χ3v) is 5.89. The van der Waals surface area contributed by atoms with E-state index < -0.39 is 16.1 Å². The zero-order valence-electron chi connectivity index (χ0n) is 18.8. The van der Waals surface area contributed by atoms with Crippen molar-refractivity contribution >= 4 is 28.0 Å². The van der Waals surface area contributed by atoms with Crippen molar-refractivity contribution in [3.8, 4) is 17.2 Å². The van der Waals surface area contributed by atoms with E-state index in [-0.39, 0.29) is 23.1 Å². The zero-order chi connectivity index (χ0) is 24.4. The molecule has 10 nitrogen and oxygen atoms in total. The third-order valence-electron chi connectivity index (χ3n) is 4.54. The molecule has 0 fully saturated rings. The first kappa shape index (κ1) is 25.5. The minimum atomic E-state index is -4.14. The summed E-state index contributed by atoms with van der Waals surface area (Å²) in [5.74, 6) is 0.974. The monoisotopic (exact) mass is 477 g/mol. The van der Waals surface area contributed by atoms with Crippen LogP contribution >= 0.6 is 0 Å². The van der Waals surface area contributed by atoms with Crippen LogP contribution in [0.5, 0.6) is 17.2 Å². The minimum Gasteiger partial charge on any atom is -0.497 e. The Hall–Kier alpha value is -3.73. The largest absolute Gasteiger partial charge is 0.497 e. The molecule has 0 aromatic heterocycles. The molecule has 0 heterocycles. The fourth-order valence-corrected chi connectivity index (χ4v) is 4.00. The molecule has 0 aliphatic heterocycles. The van der Waals surface area contributed by atoms with Gasteiger partial charge in [-0.1, -0.05) is 6.07 Å². The predicted molar refractivity (Wildman–Crippen MR) is 123 cm³/mol. The van der Waals surface area contributed by atoms with E-state index in [1.54, 1.807) is 37.5 Å². The van der Waals surface area contributed by atoms with Crippen LogP contribution in [-0.4, -0.2) is 55.3 Å². The number of rotatable bonds is 10. The third kappa shape index (κ3) is 7.14. The second-order valence-electron chi connectivity index (χ2n) is 6.65. The van der Waals surface area contributed by atoms with Crippen LogP contribution in [0, 0.1) is 0 Å². The molecule has 0 spiro atoms. The van der Waals surface area contributed by atoms with E-state index in [1.165, 1.54) is 39.5 Å². The summed E-state index contributed by atoms with van der Waals surface area (Å²) in [5, 5.41) is 4.93. The van der Waals surface area contributed by atoms with Gasteiger partial charge in [-0.3, -0.25) is 4.79 Å². The van der Waals surface area contributed by atoms with Crippen LogP contribution in [0.25, 0.3) is 6.08 Å². The van der Waals surface area contributed by atoms with Crippen molar-refractivity contribution in [2.75, 3.05) is 34.9 Å². The fourth-order valence-electron chi connectivity index (χ4n) is 2.83. The van der Waals surface area contributed by atoms with Crippen molar-refractivity contribution in [3.05, 3.63) is 53.6 Å². The highest BCUT2D eigenvalue weighted by Gasteiger charge is 2.22. The standard InChI is InChI=1S/C22H27N3O7S/c1-23-22(27)25-33(28,29)20-13-15(5-9-18(20)31-3)11-12-24-21(26)10-7-16-6-8-17(30-2)14-19(16)32-4/h5-10,13-14H,11-12H2,1-4H3,(H,24,26)(H2,23,25,27). The van der Waals surface area contributed by atoms with Gasteiger partial charge in [0.25, 0.3) is 10.0 Å². The Kier molecular flexibility index (Phi) is 9.10. The molecule has 0 aliphatic rings. The average molecular weight is 478 g/mol. The zero-order valence-corrected chi connectivity index (χ0v) is 19.6. The van der Waals surface area contributed by atoms with Gasteiger partial charge in [-0.15, -0.1) is 0 Å². The number of methoxy groups -OCH3 is 3. The molecule has 0 bridgehead atoms. The molecular weight excluding hydrogens is 450 g/mol. The highest BCUT2D eigenvalue weighted by molar-refractivity contribution is 7.90. The molecule has 0 atom stereocenters. The SMILES string of the molecule is CNC(=O)NS(=O)(=O)c1cc(CCNC(=O)C=Cc2ccc(OC)cc2OC)ccc1OC. The normalized spacial score (nSPS) is 11.0. The molecule has 3 N–H and O–H groups in total. The van der Waals surface area contributed by atoms with E-state index in [0.717, 1.165) is 0 Å². The number of urea groups is 1. The smallest absolute Gasteiger partial charge is 0.328 e. The summed E-state index contributed by atoms with van der Waals surface area (Å²) in [6.07, 6.45) is 3.36. The molecule has 0 aliphatic carbocycles. The highest BCUT2D eigenvalue weighted by atomic mass is 32.2. The summed E-state index contributed by atoms with van der Waals surface area (Å²) in [6.45, 7) is 0.262. The van der Waals surface area contributed by atoms with Gasteiger partial charge in [-0.2, -0.15) is 0 Å². The Morgan fingerprint density at radius 1 is 0.970 bits per heavy atom. The molecule has 0 unspecified atom stereocenters. The van der Waals surface area contributed by atoms with Crippen molar-refractivity contribution in [2.24, 2.45) is 0 Å². The van der Waals surface area contributed by atoms with Crippen LogP contribution in [0.2, 0.25) is 0 Å². The average Bonchev–Trinajstić information content (AvgIpc) is 2.82. The summed E-state index contributed by atoms with van der Waals surface area (Å²) in [5.41, 5.74) is 1.34. The summed E-state index contributed by atoms with van der Waals surface area (Å²) < 4.78 is 42.4. The van der Waals surface area contributed by atoms with Gasteiger partial charge in [-0.05, 0) is 42.3 Å². The fraction of sp³-hybridized carbons (Fsp3) is 0.273. The molecule has 0 radical (unpaired) electrons. The van der Waals surface area contributed by atoms with Gasteiger partial charge < -0.3 is 24.8 Å². The Balaban J connectivity index is 2.03. The Morgan fingerprint density at radius 2 is 1.70 bits per heavy atom. The molecule has 2 aromatic carbocycles. The molecule has 3 amide bonds. The summed E-state index contributed by atoms with van der Waals surface area (Å²) >= 11 is 0. The summed E-state index contributed by atoms with van der Waals surface area (Å²) in [7, 11) is 1.58. The van der Waals surface area contributed by atoms with Crippen LogP contribution in [-0.2, 0) is 21.2 Å². The topological polar surface area (TPSA) is 132 Å². The van der Waals surface area contributed by atoms with Gasteiger partial charge in [0, 0.05) is 31.3 Å². The van der Waals surface area contributed by atoms with Crippen LogP contribution in [0.15, 0.2) is 47.4 Å². The number of hydrogen-bond donors (Lipinski definition) is 3. The van der Waals surface area contributed by atoms with E-state index in [1.807, 2.05) is 4.72 Å². The number of ether oxygens (including phenoxy) is 3. The van der Waals surface area contributed by atoms with E-state index in [9.17, 15) is 18.0 Å². The van der Waals surface area contributed by atoms with Crippen LogP contribution < -0.4 is 29.6 Å². The van der Waals surface area contributed by atoms with Crippen molar-refractivity contribution in [1.29, 1.82) is 0 Å².